The van der Waals surface area contributed by atoms with E-state index in [1.54, 1.807) is 0 Å². The van der Waals surface area contributed by atoms with E-state index in [1.807, 2.05) is 0 Å². The lowest BCUT2D eigenvalue weighted by atomic mass is 10.1. The zero-order valence-electron chi connectivity index (χ0n) is 9.05. The average Bonchev–Trinajstić information content (AvgIpc) is 2.29. The summed E-state index contributed by atoms with van der Waals surface area (Å²) in [6, 6.07) is 3.37. The van der Waals surface area contributed by atoms with Crippen LogP contribution >= 0.6 is 15.9 Å². The number of carbonyl (C=O) groups is 1. The third kappa shape index (κ3) is 2.84. The van der Waals surface area contributed by atoms with Crippen molar-refractivity contribution in [3.63, 3.8) is 0 Å². The molecule has 1 aliphatic rings. The summed E-state index contributed by atoms with van der Waals surface area (Å²) in [7, 11) is 0. The standard InChI is InChI=1S/C11H9BrF3NO2/c12-8-3-6(11(13,14)15)1-2-7(8)9-4-16-10(17)5-18-9/h1-3,9H,4-5H2,(H,16,17)/t9-/m1/s1. The minimum absolute atomic E-state index is 0.0852. The van der Waals surface area contributed by atoms with Crippen LogP contribution < -0.4 is 5.32 Å². The van der Waals surface area contributed by atoms with Crippen LogP contribution in [-0.4, -0.2) is 19.1 Å². The third-order valence-corrected chi connectivity index (χ3v) is 3.26. The first-order valence-corrected chi connectivity index (χ1v) is 5.92. The van der Waals surface area contributed by atoms with Gasteiger partial charge in [-0.3, -0.25) is 4.79 Å². The van der Waals surface area contributed by atoms with Gasteiger partial charge in [0, 0.05) is 11.0 Å². The van der Waals surface area contributed by atoms with Crippen LogP contribution in [0.25, 0.3) is 0 Å². The monoisotopic (exact) mass is 323 g/mol. The van der Waals surface area contributed by atoms with E-state index in [4.69, 9.17) is 4.74 Å². The minimum atomic E-state index is -4.37. The van der Waals surface area contributed by atoms with Gasteiger partial charge in [0.05, 0.1) is 5.56 Å². The smallest absolute Gasteiger partial charge is 0.362 e. The molecule has 1 amide bonds. The number of morpholine rings is 1. The number of rotatable bonds is 1. The van der Waals surface area contributed by atoms with Crippen LogP contribution in [0.4, 0.5) is 13.2 Å². The number of alkyl halides is 3. The molecule has 0 unspecified atom stereocenters. The Bertz CT molecular complexity index is 466. The van der Waals surface area contributed by atoms with Crippen molar-refractivity contribution in [2.45, 2.75) is 12.3 Å². The van der Waals surface area contributed by atoms with E-state index in [9.17, 15) is 18.0 Å². The molecule has 0 aliphatic carbocycles. The number of benzene rings is 1. The predicted octanol–water partition coefficient (Wildman–Crippen LogP) is 2.66. The zero-order chi connectivity index (χ0) is 13.3. The van der Waals surface area contributed by atoms with E-state index >= 15 is 0 Å². The number of hydrogen-bond donors (Lipinski definition) is 1. The second kappa shape index (κ2) is 4.89. The van der Waals surface area contributed by atoms with Gasteiger partial charge in [-0.15, -0.1) is 0 Å². The lowest BCUT2D eigenvalue weighted by Gasteiger charge is -2.24. The molecule has 1 aromatic rings. The van der Waals surface area contributed by atoms with Crippen LogP contribution in [0.5, 0.6) is 0 Å². The van der Waals surface area contributed by atoms with Crippen LogP contribution in [0.3, 0.4) is 0 Å². The van der Waals surface area contributed by atoms with Crippen molar-refractivity contribution < 1.29 is 22.7 Å². The van der Waals surface area contributed by atoms with Crippen LogP contribution in [0.15, 0.2) is 22.7 Å². The molecule has 1 heterocycles. The Morgan fingerprint density at radius 2 is 2.11 bits per heavy atom. The molecule has 3 nitrogen and oxygen atoms in total. The van der Waals surface area contributed by atoms with Gasteiger partial charge in [-0.05, 0) is 17.7 Å². The molecule has 1 fully saturated rings. The molecule has 1 atom stereocenters. The highest BCUT2D eigenvalue weighted by Crippen LogP contribution is 2.34. The van der Waals surface area contributed by atoms with Crippen LogP contribution in [0.2, 0.25) is 0 Å². The Kier molecular flexibility index (Phi) is 3.63. The predicted molar refractivity (Wildman–Crippen MR) is 60.8 cm³/mol. The van der Waals surface area contributed by atoms with E-state index in [2.05, 4.69) is 21.2 Å². The number of ether oxygens (including phenoxy) is 1. The molecule has 0 spiro atoms. The SMILES string of the molecule is O=C1CO[C@@H](c2ccc(C(F)(F)F)cc2Br)CN1. The molecule has 98 valence electrons. The number of amides is 1. The number of hydrogen-bond acceptors (Lipinski definition) is 2. The Morgan fingerprint density at radius 3 is 2.61 bits per heavy atom. The lowest BCUT2D eigenvalue weighted by Crippen LogP contribution is -2.38. The molecule has 1 aromatic carbocycles. The van der Waals surface area contributed by atoms with E-state index in [1.165, 1.54) is 6.07 Å². The molecule has 1 saturated heterocycles. The van der Waals surface area contributed by atoms with E-state index in [0.29, 0.717) is 10.0 Å². The van der Waals surface area contributed by atoms with Gasteiger partial charge in [0.1, 0.15) is 12.7 Å². The van der Waals surface area contributed by atoms with Crippen LogP contribution in [-0.2, 0) is 15.7 Å². The Hall–Kier alpha value is -1.08. The highest BCUT2D eigenvalue weighted by Gasteiger charge is 2.31. The molecule has 0 radical (unpaired) electrons. The zero-order valence-corrected chi connectivity index (χ0v) is 10.6. The molecule has 0 aromatic heterocycles. The third-order valence-electron chi connectivity index (χ3n) is 2.57. The van der Waals surface area contributed by atoms with E-state index in [0.717, 1.165) is 12.1 Å². The van der Waals surface area contributed by atoms with E-state index < -0.39 is 17.8 Å². The number of halogens is 4. The highest BCUT2D eigenvalue weighted by atomic mass is 79.9. The molecular weight excluding hydrogens is 315 g/mol. The van der Waals surface area contributed by atoms with Crippen molar-refractivity contribution in [3.8, 4) is 0 Å². The fourth-order valence-electron chi connectivity index (χ4n) is 1.66. The quantitative estimate of drug-likeness (QED) is 0.862. The maximum absolute atomic E-state index is 12.5. The first kappa shape index (κ1) is 13.4. The molecule has 1 aliphatic heterocycles. The van der Waals surface area contributed by atoms with Gasteiger partial charge in [-0.1, -0.05) is 22.0 Å². The van der Waals surface area contributed by atoms with Gasteiger partial charge in [-0.2, -0.15) is 13.2 Å². The summed E-state index contributed by atoms with van der Waals surface area (Å²) in [6.07, 6.45) is -4.80. The normalized spacial score (nSPS) is 20.7. The fourth-order valence-corrected chi connectivity index (χ4v) is 2.29. The average molecular weight is 324 g/mol. The first-order valence-electron chi connectivity index (χ1n) is 5.13. The fraction of sp³-hybridized carbons (Fsp3) is 0.364. The molecule has 0 bridgehead atoms. The molecule has 1 N–H and O–H groups in total. The molecule has 18 heavy (non-hydrogen) atoms. The Labute approximate surface area is 109 Å². The first-order chi connectivity index (χ1) is 8.38. The summed E-state index contributed by atoms with van der Waals surface area (Å²) in [6.45, 7) is 0.168. The summed E-state index contributed by atoms with van der Waals surface area (Å²) < 4.78 is 43.0. The summed E-state index contributed by atoms with van der Waals surface area (Å²) in [5, 5.41) is 2.60. The second-order valence-corrected chi connectivity index (χ2v) is 4.69. The molecule has 0 saturated carbocycles. The molecule has 7 heteroatoms. The van der Waals surface area contributed by atoms with Crippen molar-refractivity contribution in [2.24, 2.45) is 0 Å². The van der Waals surface area contributed by atoms with Crippen molar-refractivity contribution in [2.75, 3.05) is 13.2 Å². The van der Waals surface area contributed by atoms with Crippen molar-refractivity contribution >= 4 is 21.8 Å². The van der Waals surface area contributed by atoms with Crippen molar-refractivity contribution in [1.82, 2.24) is 5.32 Å². The summed E-state index contributed by atoms with van der Waals surface area (Å²) in [4.78, 5) is 10.9. The Balaban J connectivity index is 2.22. The maximum Gasteiger partial charge on any atom is 0.416 e. The molecule has 2 rings (SSSR count). The topological polar surface area (TPSA) is 38.3 Å². The Morgan fingerprint density at radius 1 is 1.39 bits per heavy atom. The maximum atomic E-state index is 12.5. The van der Waals surface area contributed by atoms with Gasteiger partial charge in [0.15, 0.2) is 0 Å². The van der Waals surface area contributed by atoms with E-state index in [-0.39, 0.29) is 19.1 Å². The van der Waals surface area contributed by atoms with Gasteiger partial charge in [0.2, 0.25) is 5.91 Å². The minimum Gasteiger partial charge on any atom is -0.362 e. The van der Waals surface area contributed by atoms with Crippen LogP contribution in [0, 0.1) is 0 Å². The van der Waals surface area contributed by atoms with Gasteiger partial charge < -0.3 is 10.1 Å². The highest BCUT2D eigenvalue weighted by molar-refractivity contribution is 9.10. The largest absolute Gasteiger partial charge is 0.416 e. The number of carbonyl (C=O) groups excluding carboxylic acids is 1. The second-order valence-electron chi connectivity index (χ2n) is 3.84. The number of nitrogens with one attached hydrogen (secondary N) is 1. The van der Waals surface area contributed by atoms with Gasteiger partial charge in [0.25, 0.3) is 0 Å². The van der Waals surface area contributed by atoms with Crippen molar-refractivity contribution in [3.05, 3.63) is 33.8 Å². The summed E-state index contributed by atoms with van der Waals surface area (Å²) in [5.74, 6) is -0.228. The summed E-state index contributed by atoms with van der Waals surface area (Å²) >= 11 is 3.10. The van der Waals surface area contributed by atoms with Crippen molar-refractivity contribution in [1.29, 1.82) is 0 Å². The van der Waals surface area contributed by atoms with Gasteiger partial charge in [-0.25, -0.2) is 0 Å². The molecular formula is C11H9BrF3NO2. The summed E-state index contributed by atoms with van der Waals surface area (Å²) in [5.41, 5.74) is -0.138. The van der Waals surface area contributed by atoms with Crippen LogP contribution in [0.1, 0.15) is 17.2 Å². The lowest BCUT2D eigenvalue weighted by molar-refractivity contribution is -0.137. The van der Waals surface area contributed by atoms with Gasteiger partial charge >= 0.3 is 6.18 Å².